The fraction of sp³-hybridized carbons (Fsp3) is 0.769. The Morgan fingerprint density at radius 1 is 1.48 bits per heavy atom. The molecular formula is C13H24N4O2S2. The summed E-state index contributed by atoms with van der Waals surface area (Å²) in [4.78, 5) is 0. The average Bonchev–Trinajstić information content (AvgIpc) is 3.07. The minimum atomic E-state index is -3.52. The predicted octanol–water partition coefficient (Wildman–Crippen LogP) is 1.47. The number of sulfonamides is 1. The first kappa shape index (κ1) is 16.8. The van der Waals surface area contributed by atoms with Gasteiger partial charge in [0, 0.05) is 23.4 Å². The monoisotopic (exact) mass is 332 g/mol. The fourth-order valence-electron chi connectivity index (χ4n) is 2.60. The molecule has 0 saturated heterocycles. The van der Waals surface area contributed by atoms with Crippen LogP contribution in [0.3, 0.4) is 0 Å². The summed E-state index contributed by atoms with van der Waals surface area (Å²) in [5.41, 5.74) is 0.690. The van der Waals surface area contributed by atoms with E-state index < -0.39 is 10.0 Å². The van der Waals surface area contributed by atoms with Crippen molar-refractivity contribution in [2.24, 2.45) is 0 Å². The van der Waals surface area contributed by atoms with Crippen molar-refractivity contribution in [3.63, 3.8) is 0 Å². The van der Waals surface area contributed by atoms with Crippen LogP contribution in [0.25, 0.3) is 0 Å². The van der Waals surface area contributed by atoms with Crippen molar-refractivity contribution in [2.45, 2.75) is 55.5 Å². The molecule has 0 amide bonds. The van der Waals surface area contributed by atoms with E-state index in [1.165, 1.54) is 0 Å². The summed E-state index contributed by atoms with van der Waals surface area (Å²) in [6, 6.07) is 0.0344. The molecule has 1 aliphatic carbocycles. The van der Waals surface area contributed by atoms with Crippen molar-refractivity contribution < 1.29 is 8.42 Å². The highest BCUT2D eigenvalue weighted by Crippen LogP contribution is 2.29. The van der Waals surface area contributed by atoms with Gasteiger partial charge in [-0.05, 0) is 38.5 Å². The van der Waals surface area contributed by atoms with Crippen molar-refractivity contribution in [3.8, 4) is 0 Å². The standard InChI is InChI=1S/C13H24N4O2S2/c1-3-6-14-8-10-9-15-16-13(10)21(18,19)17-11-4-5-12(7-11)20-2/h9,11-12,14,17H,3-8H2,1-2H3,(H,15,16). The lowest BCUT2D eigenvalue weighted by atomic mass is 10.3. The molecule has 0 radical (unpaired) electrons. The molecule has 0 aromatic carbocycles. The lowest BCUT2D eigenvalue weighted by Crippen LogP contribution is -2.34. The van der Waals surface area contributed by atoms with Crippen LogP contribution >= 0.6 is 11.8 Å². The summed E-state index contributed by atoms with van der Waals surface area (Å²) < 4.78 is 27.8. The molecular weight excluding hydrogens is 308 g/mol. The van der Waals surface area contributed by atoms with E-state index in [4.69, 9.17) is 0 Å². The van der Waals surface area contributed by atoms with Crippen LogP contribution in [-0.4, -0.2) is 42.7 Å². The zero-order valence-electron chi connectivity index (χ0n) is 12.6. The third kappa shape index (κ3) is 4.45. The molecule has 1 aromatic heterocycles. The Morgan fingerprint density at radius 3 is 2.95 bits per heavy atom. The van der Waals surface area contributed by atoms with Gasteiger partial charge in [-0.3, -0.25) is 5.10 Å². The number of nitrogens with one attached hydrogen (secondary N) is 3. The zero-order valence-corrected chi connectivity index (χ0v) is 14.2. The maximum absolute atomic E-state index is 12.5. The number of rotatable bonds is 8. The summed E-state index contributed by atoms with van der Waals surface area (Å²) in [6.45, 7) is 3.44. The topological polar surface area (TPSA) is 86.9 Å². The van der Waals surface area contributed by atoms with Crippen molar-refractivity contribution >= 4 is 21.8 Å². The van der Waals surface area contributed by atoms with Crippen molar-refractivity contribution in [1.29, 1.82) is 0 Å². The quantitative estimate of drug-likeness (QED) is 0.628. The van der Waals surface area contributed by atoms with E-state index in [0.29, 0.717) is 17.4 Å². The van der Waals surface area contributed by atoms with Gasteiger partial charge < -0.3 is 5.32 Å². The van der Waals surface area contributed by atoms with Gasteiger partial charge in [-0.15, -0.1) is 0 Å². The highest BCUT2D eigenvalue weighted by Gasteiger charge is 2.30. The Balaban J connectivity index is 2.01. The van der Waals surface area contributed by atoms with E-state index in [0.717, 1.165) is 32.2 Å². The molecule has 0 spiro atoms. The zero-order chi connectivity index (χ0) is 15.3. The van der Waals surface area contributed by atoms with Gasteiger partial charge in [-0.25, -0.2) is 13.1 Å². The molecule has 0 bridgehead atoms. The fourth-order valence-corrected chi connectivity index (χ4v) is 4.81. The molecule has 21 heavy (non-hydrogen) atoms. The van der Waals surface area contributed by atoms with Gasteiger partial charge in [0.1, 0.15) is 0 Å². The normalized spacial score (nSPS) is 22.8. The van der Waals surface area contributed by atoms with Crippen molar-refractivity contribution in [1.82, 2.24) is 20.2 Å². The van der Waals surface area contributed by atoms with E-state index in [1.54, 1.807) is 6.20 Å². The van der Waals surface area contributed by atoms with Crippen LogP contribution in [0.15, 0.2) is 11.2 Å². The van der Waals surface area contributed by atoms with Crippen LogP contribution in [-0.2, 0) is 16.6 Å². The smallest absolute Gasteiger partial charge is 0.258 e. The largest absolute Gasteiger partial charge is 0.313 e. The number of aromatic amines is 1. The molecule has 2 rings (SSSR count). The summed E-state index contributed by atoms with van der Waals surface area (Å²) >= 11 is 1.81. The van der Waals surface area contributed by atoms with Gasteiger partial charge in [-0.1, -0.05) is 6.92 Å². The molecule has 1 aromatic rings. The Hall–Kier alpha value is -0.570. The maximum atomic E-state index is 12.5. The second-order valence-electron chi connectivity index (χ2n) is 5.39. The lowest BCUT2D eigenvalue weighted by Gasteiger charge is -2.13. The summed E-state index contributed by atoms with van der Waals surface area (Å²) in [6.07, 6.45) is 7.54. The molecule has 1 aliphatic rings. The highest BCUT2D eigenvalue weighted by molar-refractivity contribution is 7.99. The molecule has 6 nitrogen and oxygen atoms in total. The molecule has 1 fully saturated rings. The summed E-state index contributed by atoms with van der Waals surface area (Å²) in [5, 5.41) is 10.5. The SMILES string of the molecule is CCCNCc1cn[nH]c1S(=O)(=O)NC1CCC(SC)C1. The van der Waals surface area contributed by atoms with Gasteiger partial charge >= 0.3 is 0 Å². The minimum Gasteiger partial charge on any atom is -0.313 e. The number of hydrogen-bond acceptors (Lipinski definition) is 5. The minimum absolute atomic E-state index is 0.0344. The Labute approximate surface area is 130 Å². The first-order chi connectivity index (χ1) is 10.1. The van der Waals surface area contributed by atoms with Crippen LogP contribution in [0, 0.1) is 0 Å². The second-order valence-corrected chi connectivity index (χ2v) is 8.18. The summed E-state index contributed by atoms with van der Waals surface area (Å²) in [5.74, 6) is 0. The van der Waals surface area contributed by atoms with Gasteiger partial charge in [0.05, 0.1) is 6.20 Å². The Bertz CT molecular complexity index is 544. The first-order valence-corrected chi connectivity index (χ1v) is 10.1. The number of H-pyrrole nitrogens is 1. The first-order valence-electron chi connectivity index (χ1n) is 7.35. The van der Waals surface area contributed by atoms with Gasteiger partial charge in [-0.2, -0.15) is 16.9 Å². The number of hydrogen-bond donors (Lipinski definition) is 3. The predicted molar refractivity (Wildman–Crippen MR) is 85.8 cm³/mol. The third-order valence-corrected chi connectivity index (χ3v) is 6.36. The van der Waals surface area contributed by atoms with E-state index in [1.807, 2.05) is 11.8 Å². The molecule has 2 unspecified atom stereocenters. The van der Waals surface area contributed by atoms with Crippen LogP contribution in [0.4, 0.5) is 0 Å². The summed E-state index contributed by atoms with van der Waals surface area (Å²) in [7, 11) is -3.52. The van der Waals surface area contributed by atoms with E-state index in [9.17, 15) is 8.42 Å². The Kier molecular flexibility index (Phi) is 6.09. The Morgan fingerprint density at radius 2 is 2.29 bits per heavy atom. The number of aromatic nitrogens is 2. The second kappa shape index (κ2) is 7.62. The van der Waals surface area contributed by atoms with Gasteiger partial charge in [0.2, 0.25) is 0 Å². The van der Waals surface area contributed by atoms with Crippen LogP contribution < -0.4 is 10.0 Å². The van der Waals surface area contributed by atoms with E-state index in [2.05, 4.69) is 33.4 Å². The highest BCUT2D eigenvalue weighted by atomic mass is 32.2. The van der Waals surface area contributed by atoms with Gasteiger partial charge in [0.15, 0.2) is 5.03 Å². The molecule has 120 valence electrons. The van der Waals surface area contributed by atoms with Gasteiger partial charge in [0.25, 0.3) is 10.0 Å². The maximum Gasteiger partial charge on any atom is 0.258 e. The van der Waals surface area contributed by atoms with Crippen LogP contribution in [0.2, 0.25) is 0 Å². The number of nitrogens with zero attached hydrogens (tertiary/aromatic N) is 1. The molecule has 1 heterocycles. The average molecular weight is 332 g/mol. The van der Waals surface area contributed by atoms with Crippen LogP contribution in [0.1, 0.15) is 38.2 Å². The van der Waals surface area contributed by atoms with Crippen LogP contribution in [0.5, 0.6) is 0 Å². The van der Waals surface area contributed by atoms with Crippen molar-refractivity contribution in [3.05, 3.63) is 11.8 Å². The van der Waals surface area contributed by atoms with E-state index in [-0.39, 0.29) is 11.1 Å². The molecule has 8 heteroatoms. The number of thioether (sulfide) groups is 1. The molecule has 2 atom stereocenters. The molecule has 0 aliphatic heterocycles. The van der Waals surface area contributed by atoms with E-state index >= 15 is 0 Å². The molecule has 1 saturated carbocycles. The third-order valence-electron chi connectivity index (χ3n) is 3.73. The molecule has 3 N–H and O–H groups in total. The lowest BCUT2D eigenvalue weighted by molar-refractivity contribution is 0.546. The van der Waals surface area contributed by atoms with Crippen molar-refractivity contribution in [2.75, 3.05) is 12.8 Å².